The molecule has 1 N–H and O–H groups in total. The first-order valence-electron chi connectivity index (χ1n) is 6.95. The van der Waals surface area contributed by atoms with Crippen LogP contribution < -0.4 is 0 Å². The summed E-state index contributed by atoms with van der Waals surface area (Å²) in [5, 5.41) is 11.2. The zero-order valence-corrected chi connectivity index (χ0v) is 13.0. The van der Waals surface area contributed by atoms with Gasteiger partial charge in [-0.3, -0.25) is 4.79 Å². The van der Waals surface area contributed by atoms with Crippen molar-refractivity contribution in [3.63, 3.8) is 0 Å². The number of hydrogen-bond donors (Lipinski definition) is 1. The van der Waals surface area contributed by atoms with E-state index in [0.717, 1.165) is 34.6 Å². The minimum Gasteiger partial charge on any atom is -0.481 e. The molecular formula is C15H15ClN2O2S. The topological polar surface area (TPSA) is 63.1 Å². The van der Waals surface area contributed by atoms with E-state index in [1.165, 1.54) is 18.2 Å². The van der Waals surface area contributed by atoms with Gasteiger partial charge in [0, 0.05) is 22.1 Å². The fourth-order valence-corrected chi connectivity index (χ4v) is 3.41. The number of hydrogen-bond acceptors (Lipinski definition) is 4. The fourth-order valence-electron chi connectivity index (χ4n) is 2.28. The molecule has 1 aliphatic rings. The van der Waals surface area contributed by atoms with Gasteiger partial charge in [-0.25, -0.2) is 9.97 Å². The smallest absolute Gasteiger partial charge is 0.304 e. The minimum absolute atomic E-state index is 0.127. The molecule has 1 saturated carbocycles. The van der Waals surface area contributed by atoms with Gasteiger partial charge in [0.2, 0.25) is 0 Å². The summed E-state index contributed by atoms with van der Waals surface area (Å²) in [6, 6.07) is 5.57. The first-order chi connectivity index (χ1) is 10.1. The molecule has 21 heavy (non-hydrogen) atoms. The third kappa shape index (κ3) is 3.30. The Kier molecular flexibility index (Phi) is 4.31. The highest BCUT2D eigenvalue weighted by Gasteiger charge is 2.23. The second-order valence-corrected chi connectivity index (χ2v) is 6.69. The first kappa shape index (κ1) is 14.6. The van der Waals surface area contributed by atoms with Crippen LogP contribution in [0, 0.1) is 0 Å². The highest BCUT2D eigenvalue weighted by atomic mass is 35.5. The Morgan fingerprint density at radius 2 is 2.19 bits per heavy atom. The van der Waals surface area contributed by atoms with E-state index in [2.05, 4.69) is 9.97 Å². The van der Waals surface area contributed by atoms with Crippen molar-refractivity contribution in [2.24, 2.45) is 0 Å². The molecule has 0 spiro atoms. The number of benzene rings is 1. The molecule has 1 aromatic heterocycles. The highest BCUT2D eigenvalue weighted by molar-refractivity contribution is 7.99. The molecule has 2 aromatic rings. The van der Waals surface area contributed by atoms with Crippen molar-refractivity contribution in [3.8, 4) is 0 Å². The molecule has 1 aliphatic carbocycles. The second kappa shape index (κ2) is 6.20. The van der Waals surface area contributed by atoms with Gasteiger partial charge in [-0.05, 0) is 31.0 Å². The number of carboxylic acid groups (broad SMARTS) is 1. The van der Waals surface area contributed by atoms with Crippen LogP contribution in [-0.4, -0.2) is 26.8 Å². The number of aromatic nitrogens is 2. The summed E-state index contributed by atoms with van der Waals surface area (Å²) in [6.45, 7) is 0. The molecule has 0 bridgehead atoms. The zero-order chi connectivity index (χ0) is 14.8. The van der Waals surface area contributed by atoms with Crippen molar-refractivity contribution in [1.82, 2.24) is 9.97 Å². The molecule has 0 unspecified atom stereocenters. The lowest BCUT2D eigenvalue weighted by molar-refractivity contribution is -0.136. The molecule has 1 aromatic carbocycles. The van der Waals surface area contributed by atoms with Gasteiger partial charge < -0.3 is 5.11 Å². The van der Waals surface area contributed by atoms with Gasteiger partial charge in [0.15, 0.2) is 0 Å². The maximum atomic E-state index is 10.7. The number of fused-ring (bicyclic) bond motifs is 1. The standard InChI is InChI=1S/C15H15ClN2O2S/c16-10-4-5-11-12(8-10)17-14(9-2-1-3-9)18-15(11)21-7-6-13(19)20/h4-5,8-9H,1-3,6-7H2,(H,19,20). The van der Waals surface area contributed by atoms with Crippen LogP contribution in [0.15, 0.2) is 23.2 Å². The number of thioether (sulfide) groups is 1. The van der Waals surface area contributed by atoms with Crippen molar-refractivity contribution >= 4 is 40.2 Å². The molecular weight excluding hydrogens is 308 g/mol. The van der Waals surface area contributed by atoms with E-state index >= 15 is 0 Å². The normalized spacial score (nSPS) is 15.1. The van der Waals surface area contributed by atoms with Crippen molar-refractivity contribution in [2.75, 3.05) is 5.75 Å². The van der Waals surface area contributed by atoms with Crippen molar-refractivity contribution < 1.29 is 9.90 Å². The molecule has 4 nitrogen and oxygen atoms in total. The highest BCUT2D eigenvalue weighted by Crippen LogP contribution is 2.37. The Morgan fingerprint density at radius 3 is 2.86 bits per heavy atom. The van der Waals surface area contributed by atoms with Gasteiger partial charge in [-0.2, -0.15) is 0 Å². The molecule has 1 fully saturated rings. The monoisotopic (exact) mass is 322 g/mol. The van der Waals surface area contributed by atoms with Gasteiger partial charge in [0.25, 0.3) is 0 Å². The molecule has 1 heterocycles. The molecule has 0 radical (unpaired) electrons. The van der Waals surface area contributed by atoms with Gasteiger partial charge >= 0.3 is 5.97 Å². The van der Waals surface area contributed by atoms with Crippen LogP contribution in [0.2, 0.25) is 5.02 Å². The summed E-state index contributed by atoms with van der Waals surface area (Å²) in [5.74, 6) is 1.03. The van der Waals surface area contributed by atoms with Gasteiger partial charge in [0.05, 0.1) is 11.9 Å². The lowest BCUT2D eigenvalue weighted by Crippen LogP contribution is -2.13. The average molecular weight is 323 g/mol. The Labute approximate surface area is 131 Å². The molecule has 0 saturated heterocycles. The fraction of sp³-hybridized carbons (Fsp3) is 0.400. The summed E-state index contributed by atoms with van der Waals surface area (Å²) in [5.41, 5.74) is 0.845. The van der Waals surface area contributed by atoms with E-state index < -0.39 is 5.97 Å². The van der Waals surface area contributed by atoms with Gasteiger partial charge in [-0.15, -0.1) is 11.8 Å². The van der Waals surface area contributed by atoms with Crippen LogP contribution in [-0.2, 0) is 4.79 Å². The van der Waals surface area contributed by atoms with Crippen LogP contribution in [0.1, 0.15) is 37.4 Å². The van der Waals surface area contributed by atoms with E-state index in [-0.39, 0.29) is 6.42 Å². The summed E-state index contributed by atoms with van der Waals surface area (Å²) in [7, 11) is 0. The molecule has 0 amide bonds. The Bertz CT molecular complexity index is 689. The SMILES string of the molecule is O=C(O)CCSc1nc(C2CCC2)nc2cc(Cl)ccc12. The third-order valence-corrected chi connectivity index (χ3v) is 4.89. The summed E-state index contributed by atoms with van der Waals surface area (Å²) < 4.78 is 0. The van der Waals surface area contributed by atoms with Gasteiger partial charge in [-0.1, -0.05) is 18.0 Å². The summed E-state index contributed by atoms with van der Waals surface area (Å²) in [4.78, 5) is 20.0. The van der Waals surface area contributed by atoms with E-state index in [1.54, 1.807) is 0 Å². The van der Waals surface area contributed by atoms with E-state index in [4.69, 9.17) is 16.7 Å². The molecule has 0 aliphatic heterocycles. The van der Waals surface area contributed by atoms with Crippen molar-refractivity contribution in [3.05, 3.63) is 29.0 Å². The van der Waals surface area contributed by atoms with E-state index in [9.17, 15) is 4.79 Å². The lowest BCUT2D eigenvalue weighted by atomic mass is 9.85. The number of aliphatic carboxylic acids is 1. The number of carboxylic acids is 1. The minimum atomic E-state index is -0.789. The third-order valence-electron chi connectivity index (χ3n) is 3.67. The second-order valence-electron chi connectivity index (χ2n) is 5.17. The zero-order valence-electron chi connectivity index (χ0n) is 11.4. The first-order valence-corrected chi connectivity index (χ1v) is 8.31. The Hall–Kier alpha value is -1.33. The molecule has 0 atom stereocenters. The summed E-state index contributed by atoms with van der Waals surface area (Å²) in [6.07, 6.45) is 3.61. The molecule has 6 heteroatoms. The molecule has 3 rings (SSSR count). The predicted molar refractivity (Wildman–Crippen MR) is 84.1 cm³/mol. The largest absolute Gasteiger partial charge is 0.481 e. The summed E-state index contributed by atoms with van der Waals surface area (Å²) >= 11 is 7.53. The van der Waals surface area contributed by atoms with Crippen LogP contribution >= 0.6 is 23.4 Å². The predicted octanol–water partition coefficient (Wildman–Crippen LogP) is 4.12. The Balaban J connectivity index is 1.96. The van der Waals surface area contributed by atoms with Crippen LogP contribution in [0.25, 0.3) is 10.9 Å². The van der Waals surface area contributed by atoms with Crippen LogP contribution in [0.3, 0.4) is 0 Å². The van der Waals surface area contributed by atoms with Crippen LogP contribution in [0.5, 0.6) is 0 Å². The number of nitrogens with zero attached hydrogens (tertiary/aromatic N) is 2. The Morgan fingerprint density at radius 1 is 1.38 bits per heavy atom. The maximum Gasteiger partial charge on any atom is 0.304 e. The average Bonchev–Trinajstić information content (AvgIpc) is 2.35. The quantitative estimate of drug-likeness (QED) is 0.662. The van der Waals surface area contributed by atoms with E-state index in [1.807, 2.05) is 18.2 Å². The number of rotatable bonds is 5. The van der Waals surface area contributed by atoms with E-state index in [0.29, 0.717) is 16.7 Å². The van der Waals surface area contributed by atoms with Crippen LogP contribution in [0.4, 0.5) is 0 Å². The number of halogens is 1. The van der Waals surface area contributed by atoms with Gasteiger partial charge in [0.1, 0.15) is 10.9 Å². The van der Waals surface area contributed by atoms with Crippen molar-refractivity contribution in [2.45, 2.75) is 36.6 Å². The van der Waals surface area contributed by atoms with Crippen molar-refractivity contribution in [1.29, 1.82) is 0 Å². The lowest BCUT2D eigenvalue weighted by Gasteiger charge is -2.24. The number of carbonyl (C=O) groups is 1. The molecule has 110 valence electrons. The maximum absolute atomic E-state index is 10.7.